The number of rotatable bonds is 7. The van der Waals surface area contributed by atoms with Crippen molar-refractivity contribution in [3.8, 4) is 39.1 Å². The third-order valence-electron chi connectivity index (χ3n) is 12.2. The van der Waals surface area contributed by atoms with Crippen LogP contribution in [0.1, 0.15) is 0 Å². The van der Waals surface area contributed by atoms with Gasteiger partial charge in [0, 0.05) is 43.9 Å². The van der Waals surface area contributed by atoms with Gasteiger partial charge >= 0.3 is 0 Å². The molecule has 0 aliphatic carbocycles. The third-order valence-corrected chi connectivity index (χ3v) is 12.2. The number of aromatic nitrogens is 1. The summed E-state index contributed by atoms with van der Waals surface area (Å²) in [5.74, 6) is 0. The smallest absolute Gasteiger partial charge is 0.145 e. The number of nitrogens with zero attached hydrogens (tertiary/aromatic N) is 2. The van der Waals surface area contributed by atoms with Crippen molar-refractivity contribution in [3.63, 3.8) is 0 Å². The summed E-state index contributed by atoms with van der Waals surface area (Å²) in [7, 11) is 0. The molecule has 12 aromatic rings. The summed E-state index contributed by atoms with van der Waals surface area (Å²) in [4.78, 5) is 2.40. The quantitative estimate of drug-likeness (QED) is 0.161. The summed E-state index contributed by atoms with van der Waals surface area (Å²) in [6.45, 7) is 0. The highest BCUT2D eigenvalue weighted by Gasteiger charge is 2.22. The molecular formula is C58H38N2O. The average molecular weight is 779 g/mol. The fourth-order valence-corrected chi connectivity index (χ4v) is 9.35. The van der Waals surface area contributed by atoms with E-state index in [-0.39, 0.29) is 0 Å². The second-order valence-corrected chi connectivity index (χ2v) is 15.7. The normalized spacial score (nSPS) is 11.6. The van der Waals surface area contributed by atoms with Crippen molar-refractivity contribution in [3.05, 3.63) is 231 Å². The first kappa shape index (κ1) is 34.9. The lowest BCUT2D eigenvalue weighted by Gasteiger charge is -2.29. The molecule has 0 fully saturated rings. The predicted molar refractivity (Wildman–Crippen MR) is 257 cm³/mol. The minimum absolute atomic E-state index is 0.890. The zero-order valence-corrected chi connectivity index (χ0v) is 33.2. The molecule has 0 spiro atoms. The minimum atomic E-state index is 0.890. The van der Waals surface area contributed by atoms with E-state index in [1.54, 1.807) is 0 Å². The third kappa shape index (κ3) is 5.82. The lowest BCUT2D eigenvalue weighted by atomic mass is 9.97. The fraction of sp³-hybridized carbons (Fsp3) is 0. The largest absolute Gasteiger partial charge is 0.455 e. The number of fused-ring (bicyclic) bond motifs is 8. The fourth-order valence-electron chi connectivity index (χ4n) is 9.35. The van der Waals surface area contributed by atoms with Gasteiger partial charge in [-0.05, 0) is 106 Å². The highest BCUT2D eigenvalue weighted by atomic mass is 16.3. The van der Waals surface area contributed by atoms with E-state index in [4.69, 9.17) is 4.42 Å². The van der Waals surface area contributed by atoms with Crippen LogP contribution >= 0.6 is 0 Å². The Kier molecular flexibility index (Phi) is 8.17. The van der Waals surface area contributed by atoms with Gasteiger partial charge in [-0.1, -0.05) is 158 Å². The van der Waals surface area contributed by atoms with Gasteiger partial charge in [0.2, 0.25) is 0 Å². The Labute approximate surface area is 353 Å². The summed E-state index contributed by atoms with van der Waals surface area (Å²) in [6.07, 6.45) is 0. The molecule has 2 aromatic heterocycles. The Morgan fingerprint density at radius 1 is 0.361 bits per heavy atom. The molecule has 61 heavy (non-hydrogen) atoms. The molecule has 0 N–H and O–H groups in total. The molecule has 3 heteroatoms. The molecule has 286 valence electrons. The molecular weight excluding hydrogens is 741 g/mol. The zero-order chi connectivity index (χ0) is 40.3. The van der Waals surface area contributed by atoms with Gasteiger partial charge in [0.15, 0.2) is 0 Å². The van der Waals surface area contributed by atoms with Gasteiger partial charge in [-0.15, -0.1) is 0 Å². The van der Waals surface area contributed by atoms with Crippen LogP contribution in [0.25, 0.3) is 93.6 Å². The van der Waals surface area contributed by atoms with Gasteiger partial charge in [-0.2, -0.15) is 0 Å². The molecule has 0 aliphatic rings. The van der Waals surface area contributed by atoms with E-state index in [9.17, 15) is 0 Å². The van der Waals surface area contributed by atoms with Gasteiger partial charge in [-0.3, -0.25) is 0 Å². The van der Waals surface area contributed by atoms with Crippen LogP contribution in [0.15, 0.2) is 235 Å². The van der Waals surface area contributed by atoms with Crippen LogP contribution in [0, 0.1) is 0 Å². The molecule has 3 nitrogen and oxygen atoms in total. The summed E-state index contributed by atoms with van der Waals surface area (Å²) >= 11 is 0. The molecule has 0 saturated carbocycles. The Balaban J connectivity index is 0.984. The van der Waals surface area contributed by atoms with Gasteiger partial charge < -0.3 is 13.9 Å². The molecule has 12 rings (SSSR count). The minimum Gasteiger partial charge on any atom is -0.455 e. The summed E-state index contributed by atoms with van der Waals surface area (Å²) in [5.41, 5.74) is 15.6. The van der Waals surface area contributed by atoms with Crippen molar-refractivity contribution >= 4 is 71.6 Å². The first-order valence-electron chi connectivity index (χ1n) is 20.8. The Hall–Kier alpha value is -8.14. The summed E-state index contributed by atoms with van der Waals surface area (Å²) < 4.78 is 9.07. The van der Waals surface area contributed by atoms with E-state index in [1.165, 1.54) is 38.5 Å². The van der Waals surface area contributed by atoms with Crippen LogP contribution in [0.5, 0.6) is 0 Å². The van der Waals surface area contributed by atoms with E-state index < -0.39 is 0 Å². The molecule has 0 unspecified atom stereocenters. The standard InChI is InChI=1S/C58H38N2O/c1-3-15-40(16-4-1)47-22-7-10-25-52(47)60(55-27-14-17-41-31-35-50-49-24-9-12-28-56(49)61-58(50)57(41)55)46-33-29-39(30-34-46)42-18-13-19-43(37-42)44-32-36-54-51(38-44)48-23-8-11-26-53(48)59(54)45-20-5-2-6-21-45/h1-38H. The van der Waals surface area contributed by atoms with Crippen molar-refractivity contribution in [2.75, 3.05) is 4.90 Å². The second kappa shape index (κ2) is 14.3. The van der Waals surface area contributed by atoms with E-state index in [2.05, 4.69) is 234 Å². The van der Waals surface area contributed by atoms with Crippen molar-refractivity contribution < 1.29 is 4.42 Å². The monoisotopic (exact) mass is 778 g/mol. The van der Waals surface area contributed by atoms with Gasteiger partial charge in [0.25, 0.3) is 0 Å². The van der Waals surface area contributed by atoms with E-state index in [0.717, 1.165) is 72.2 Å². The SMILES string of the molecule is c1ccc(-c2ccccc2N(c2ccc(-c3cccc(-c4ccc5c(c4)c4ccccc4n5-c4ccccc4)c3)cc2)c2cccc3ccc4c5ccccc5oc4c23)cc1. The lowest BCUT2D eigenvalue weighted by molar-refractivity contribution is 0.672. The summed E-state index contributed by atoms with van der Waals surface area (Å²) in [5, 5.41) is 6.94. The molecule has 0 atom stereocenters. The van der Waals surface area contributed by atoms with Crippen molar-refractivity contribution in [1.29, 1.82) is 0 Å². The number of benzene rings is 10. The van der Waals surface area contributed by atoms with Crippen LogP contribution in [0.3, 0.4) is 0 Å². The average Bonchev–Trinajstić information content (AvgIpc) is 3.88. The molecule has 0 aliphatic heterocycles. The van der Waals surface area contributed by atoms with Crippen LogP contribution in [-0.4, -0.2) is 4.57 Å². The Bertz CT molecular complexity index is 3580. The number of para-hydroxylation sites is 4. The molecule has 2 heterocycles. The molecule has 0 saturated heterocycles. The van der Waals surface area contributed by atoms with Gasteiger partial charge in [-0.25, -0.2) is 0 Å². The Morgan fingerprint density at radius 2 is 0.984 bits per heavy atom. The number of anilines is 3. The van der Waals surface area contributed by atoms with Crippen molar-refractivity contribution in [2.45, 2.75) is 0 Å². The maximum absolute atomic E-state index is 6.71. The molecule has 0 amide bonds. The van der Waals surface area contributed by atoms with Crippen LogP contribution < -0.4 is 4.90 Å². The van der Waals surface area contributed by atoms with E-state index in [0.29, 0.717) is 0 Å². The molecule has 0 radical (unpaired) electrons. The van der Waals surface area contributed by atoms with E-state index >= 15 is 0 Å². The highest BCUT2D eigenvalue weighted by molar-refractivity contribution is 6.19. The molecule has 0 bridgehead atoms. The van der Waals surface area contributed by atoms with Gasteiger partial charge in [0.1, 0.15) is 11.2 Å². The van der Waals surface area contributed by atoms with Crippen LogP contribution in [0.4, 0.5) is 17.1 Å². The molecule has 10 aromatic carbocycles. The van der Waals surface area contributed by atoms with Gasteiger partial charge in [0.05, 0.1) is 22.4 Å². The Morgan fingerprint density at radius 3 is 1.84 bits per heavy atom. The maximum Gasteiger partial charge on any atom is 0.145 e. The maximum atomic E-state index is 6.71. The van der Waals surface area contributed by atoms with Crippen LogP contribution in [-0.2, 0) is 0 Å². The zero-order valence-electron chi connectivity index (χ0n) is 33.2. The van der Waals surface area contributed by atoms with Crippen molar-refractivity contribution in [2.24, 2.45) is 0 Å². The van der Waals surface area contributed by atoms with Crippen molar-refractivity contribution in [1.82, 2.24) is 4.57 Å². The number of furan rings is 1. The van der Waals surface area contributed by atoms with E-state index in [1.807, 2.05) is 6.07 Å². The highest BCUT2D eigenvalue weighted by Crippen LogP contribution is 2.47. The predicted octanol–water partition coefficient (Wildman–Crippen LogP) is 16.3. The number of hydrogen-bond acceptors (Lipinski definition) is 2. The first-order valence-corrected chi connectivity index (χ1v) is 20.8. The first-order chi connectivity index (χ1) is 30.3. The summed E-state index contributed by atoms with van der Waals surface area (Å²) in [6, 6.07) is 82.8. The lowest BCUT2D eigenvalue weighted by Crippen LogP contribution is -2.11. The van der Waals surface area contributed by atoms with Crippen LogP contribution in [0.2, 0.25) is 0 Å². The second-order valence-electron chi connectivity index (χ2n) is 15.7. The number of hydrogen-bond donors (Lipinski definition) is 0. The topological polar surface area (TPSA) is 21.3 Å².